The molecule has 0 aliphatic rings. The molecular formula is C19H18O4. The van der Waals surface area contributed by atoms with Crippen LogP contribution in [-0.2, 0) is 4.79 Å². The van der Waals surface area contributed by atoms with Gasteiger partial charge in [-0.15, -0.1) is 0 Å². The van der Waals surface area contributed by atoms with Crippen molar-refractivity contribution in [3.8, 4) is 11.5 Å². The number of phenols is 1. The highest BCUT2D eigenvalue weighted by Crippen LogP contribution is 2.16. The standard InChI is InChI=1S/C19H18O4/c1-13(2)15-4-3-5-17(21)18(12-15)23-19(22)11-8-14-6-9-16(20)10-7-14/h3-13,20H,1-2H3/b11-8+. The molecule has 0 unspecified atom stereocenters. The van der Waals surface area contributed by atoms with E-state index < -0.39 is 5.97 Å². The highest BCUT2D eigenvalue weighted by atomic mass is 16.5. The van der Waals surface area contributed by atoms with E-state index in [2.05, 4.69) is 0 Å². The van der Waals surface area contributed by atoms with Crippen LogP contribution < -0.4 is 10.2 Å². The molecular weight excluding hydrogens is 292 g/mol. The van der Waals surface area contributed by atoms with Gasteiger partial charge in [-0.25, -0.2) is 4.79 Å². The molecule has 0 amide bonds. The van der Waals surface area contributed by atoms with E-state index in [0.717, 1.165) is 11.1 Å². The van der Waals surface area contributed by atoms with Crippen LogP contribution in [0, 0.1) is 0 Å². The van der Waals surface area contributed by atoms with Gasteiger partial charge in [-0.3, -0.25) is 4.79 Å². The van der Waals surface area contributed by atoms with Gasteiger partial charge in [0.2, 0.25) is 5.43 Å². The molecule has 0 atom stereocenters. The highest BCUT2D eigenvalue weighted by Gasteiger charge is 2.07. The van der Waals surface area contributed by atoms with E-state index in [0.29, 0.717) is 0 Å². The second-order valence-corrected chi connectivity index (χ2v) is 5.40. The van der Waals surface area contributed by atoms with Crippen LogP contribution in [0.2, 0.25) is 0 Å². The van der Waals surface area contributed by atoms with Crippen molar-refractivity contribution in [2.75, 3.05) is 0 Å². The summed E-state index contributed by atoms with van der Waals surface area (Å²) in [7, 11) is 0. The molecule has 2 rings (SSSR count). The maximum atomic E-state index is 11.9. The van der Waals surface area contributed by atoms with Crippen molar-refractivity contribution in [3.63, 3.8) is 0 Å². The lowest BCUT2D eigenvalue weighted by atomic mass is 10.1. The maximum absolute atomic E-state index is 11.9. The van der Waals surface area contributed by atoms with E-state index in [1.54, 1.807) is 30.3 Å². The molecule has 0 saturated heterocycles. The van der Waals surface area contributed by atoms with Crippen LogP contribution in [0.1, 0.15) is 30.9 Å². The zero-order valence-corrected chi connectivity index (χ0v) is 13.0. The summed E-state index contributed by atoms with van der Waals surface area (Å²) in [6, 6.07) is 12.8. The molecule has 0 aliphatic heterocycles. The Labute approximate surface area is 134 Å². The lowest BCUT2D eigenvalue weighted by Gasteiger charge is -2.03. The monoisotopic (exact) mass is 310 g/mol. The summed E-state index contributed by atoms with van der Waals surface area (Å²) in [5, 5.41) is 9.20. The summed E-state index contributed by atoms with van der Waals surface area (Å²) in [5.41, 5.74) is 1.31. The summed E-state index contributed by atoms with van der Waals surface area (Å²) in [4.78, 5) is 23.8. The number of hydrogen-bond acceptors (Lipinski definition) is 4. The average Bonchev–Trinajstić information content (AvgIpc) is 2.69. The predicted molar refractivity (Wildman–Crippen MR) is 89.6 cm³/mol. The first-order valence-electron chi connectivity index (χ1n) is 7.29. The number of carbonyl (C=O) groups excluding carboxylic acids is 1. The van der Waals surface area contributed by atoms with E-state index in [1.807, 2.05) is 19.9 Å². The molecule has 0 aliphatic carbocycles. The number of esters is 1. The van der Waals surface area contributed by atoms with Gasteiger partial charge in [0.1, 0.15) is 5.75 Å². The van der Waals surface area contributed by atoms with Crippen LogP contribution in [0.15, 0.2) is 59.4 Å². The molecule has 23 heavy (non-hydrogen) atoms. The van der Waals surface area contributed by atoms with Gasteiger partial charge in [0.15, 0.2) is 5.75 Å². The Hall–Kier alpha value is -2.88. The van der Waals surface area contributed by atoms with Crippen LogP contribution in [0.3, 0.4) is 0 Å². The second-order valence-electron chi connectivity index (χ2n) is 5.40. The van der Waals surface area contributed by atoms with Crippen LogP contribution in [0.4, 0.5) is 0 Å². The molecule has 2 aromatic carbocycles. The Morgan fingerprint density at radius 3 is 2.48 bits per heavy atom. The molecule has 0 heterocycles. The fourth-order valence-electron chi connectivity index (χ4n) is 1.93. The Morgan fingerprint density at radius 1 is 1.13 bits per heavy atom. The number of carbonyl (C=O) groups is 1. The first kappa shape index (κ1) is 16.5. The van der Waals surface area contributed by atoms with Crippen LogP contribution >= 0.6 is 0 Å². The average molecular weight is 310 g/mol. The topological polar surface area (TPSA) is 63.6 Å². The summed E-state index contributed by atoms with van der Waals surface area (Å²) in [6.45, 7) is 3.99. The molecule has 118 valence electrons. The van der Waals surface area contributed by atoms with Crippen molar-refractivity contribution in [2.45, 2.75) is 19.8 Å². The lowest BCUT2D eigenvalue weighted by Crippen LogP contribution is -2.10. The van der Waals surface area contributed by atoms with E-state index in [9.17, 15) is 14.7 Å². The van der Waals surface area contributed by atoms with Gasteiger partial charge in [0.25, 0.3) is 0 Å². The fourth-order valence-corrected chi connectivity index (χ4v) is 1.93. The minimum Gasteiger partial charge on any atom is -0.508 e. The molecule has 0 spiro atoms. The number of hydrogen-bond donors (Lipinski definition) is 1. The molecule has 0 bridgehead atoms. The molecule has 0 aromatic heterocycles. The third-order valence-corrected chi connectivity index (χ3v) is 3.26. The van der Waals surface area contributed by atoms with Gasteiger partial charge in [-0.1, -0.05) is 38.1 Å². The van der Waals surface area contributed by atoms with Gasteiger partial charge in [-0.05, 0) is 47.4 Å². The zero-order valence-electron chi connectivity index (χ0n) is 13.0. The number of aromatic hydroxyl groups is 1. The normalized spacial score (nSPS) is 10.9. The quantitative estimate of drug-likeness (QED) is 0.693. The number of ether oxygens (including phenoxy) is 1. The summed E-state index contributed by atoms with van der Waals surface area (Å²) >= 11 is 0. The lowest BCUT2D eigenvalue weighted by molar-refractivity contribution is -0.128. The minimum atomic E-state index is -0.629. The highest BCUT2D eigenvalue weighted by molar-refractivity contribution is 5.88. The third kappa shape index (κ3) is 4.81. The number of phenolic OH excluding ortho intramolecular Hbond substituents is 1. The molecule has 0 fully saturated rings. The van der Waals surface area contributed by atoms with Crippen molar-refractivity contribution in [3.05, 3.63) is 76.0 Å². The summed E-state index contributed by atoms with van der Waals surface area (Å²) < 4.78 is 5.15. The van der Waals surface area contributed by atoms with Gasteiger partial charge in [0.05, 0.1) is 0 Å². The fraction of sp³-hybridized carbons (Fsp3) is 0.158. The Morgan fingerprint density at radius 2 is 1.83 bits per heavy atom. The van der Waals surface area contributed by atoms with E-state index >= 15 is 0 Å². The summed E-state index contributed by atoms with van der Waals surface area (Å²) in [5.74, 6) is -0.249. The Balaban J connectivity index is 2.17. The SMILES string of the molecule is CC(C)c1cccc(=O)c(OC(=O)/C=C/c2ccc(O)cc2)c1. The molecule has 2 aromatic rings. The summed E-state index contributed by atoms with van der Waals surface area (Å²) in [6.07, 6.45) is 2.80. The molecule has 4 nitrogen and oxygen atoms in total. The van der Waals surface area contributed by atoms with Gasteiger partial charge in [-0.2, -0.15) is 0 Å². The first-order valence-corrected chi connectivity index (χ1v) is 7.29. The van der Waals surface area contributed by atoms with Crippen molar-refractivity contribution >= 4 is 12.0 Å². The maximum Gasteiger partial charge on any atom is 0.336 e. The van der Waals surface area contributed by atoms with Crippen LogP contribution in [0.5, 0.6) is 11.5 Å². The van der Waals surface area contributed by atoms with Crippen molar-refractivity contribution in [1.29, 1.82) is 0 Å². The van der Waals surface area contributed by atoms with E-state index in [1.165, 1.54) is 24.3 Å². The van der Waals surface area contributed by atoms with E-state index in [-0.39, 0.29) is 22.8 Å². The Kier molecular flexibility index (Phi) is 5.31. The predicted octanol–water partition coefficient (Wildman–Crippen LogP) is 3.49. The zero-order chi connectivity index (χ0) is 16.8. The van der Waals surface area contributed by atoms with Crippen molar-refractivity contribution in [2.24, 2.45) is 0 Å². The van der Waals surface area contributed by atoms with Gasteiger partial charge in [0, 0.05) is 6.08 Å². The number of benzene rings is 1. The van der Waals surface area contributed by atoms with E-state index in [4.69, 9.17) is 4.74 Å². The first-order chi connectivity index (χ1) is 11.0. The smallest absolute Gasteiger partial charge is 0.336 e. The molecule has 0 saturated carbocycles. The van der Waals surface area contributed by atoms with Crippen molar-refractivity contribution < 1.29 is 14.6 Å². The van der Waals surface area contributed by atoms with Crippen LogP contribution in [0.25, 0.3) is 6.08 Å². The van der Waals surface area contributed by atoms with Gasteiger partial charge < -0.3 is 9.84 Å². The third-order valence-electron chi connectivity index (χ3n) is 3.26. The van der Waals surface area contributed by atoms with Crippen molar-refractivity contribution in [1.82, 2.24) is 0 Å². The van der Waals surface area contributed by atoms with Crippen LogP contribution in [-0.4, -0.2) is 11.1 Å². The largest absolute Gasteiger partial charge is 0.508 e. The Bertz CT molecular complexity index is 774. The molecule has 1 N–H and O–H groups in total. The second kappa shape index (κ2) is 7.40. The molecule has 4 heteroatoms. The minimum absolute atomic E-state index is 0.0130. The number of rotatable bonds is 4. The van der Waals surface area contributed by atoms with Gasteiger partial charge >= 0.3 is 5.97 Å². The molecule has 0 radical (unpaired) electrons.